The quantitative estimate of drug-likeness (QED) is 0.679. The zero-order valence-corrected chi connectivity index (χ0v) is 14.7. The molecular weight excluding hydrogens is 414 g/mol. The van der Waals surface area contributed by atoms with Crippen molar-refractivity contribution < 1.29 is 26.0 Å². The number of rotatable bonds is 4. The molecule has 2 aromatic carbocycles. The summed E-state index contributed by atoms with van der Waals surface area (Å²) in [4.78, 5) is -0.127. The maximum Gasteiger partial charge on any atom is 0.416 e. The Balaban J connectivity index is 2.23. The molecule has 0 aromatic heterocycles. The highest BCUT2D eigenvalue weighted by Crippen LogP contribution is 2.30. The first-order chi connectivity index (χ1) is 11.0. The van der Waals surface area contributed by atoms with Crippen LogP contribution in [0.1, 0.15) is 11.1 Å². The summed E-state index contributed by atoms with van der Waals surface area (Å²) in [5.74, 6) is -0.591. The van der Waals surface area contributed by atoms with Crippen LogP contribution in [0.2, 0.25) is 0 Å². The van der Waals surface area contributed by atoms with Gasteiger partial charge in [-0.15, -0.1) is 0 Å². The van der Waals surface area contributed by atoms with E-state index in [1.54, 1.807) is 0 Å². The van der Waals surface area contributed by atoms with Gasteiger partial charge >= 0.3 is 6.18 Å². The van der Waals surface area contributed by atoms with E-state index in [2.05, 4.69) is 15.9 Å². The molecule has 24 heavy (non-hydrogen) atoms. The lowest BCUT2D eigenvalue weighted by Crippen LogP contribution is -2.26. The first-order valence-electron chi connectivity index (χ1n) is 6.59. The highest BCUT2D eigenvalue weighted by Gasteiger charge is 2.30. The molecule has 0 N–H and O–H groups in total. The Morgan fingerprint density at radius 3 is 2.17 bits per heavy atom. The van der Waals surface area contributed by atoms with Gasteiger partial charge < -0.3 is 0 Å². The lowest BCUT2D eigenvalue weighted by atomic mass is 10.1. The van der Waals surface area contributed by atoms with Crippen molar-refractivity contribution in [3.63, 3.8) is 0 Å². The predicted octanol–water partition coefficient (Wildman–Crippen LogP) is 4.43. The Morgan fingerprint density at radius 1 is 1.08 bits per heavy atom. The number of nitrogens with zero attached hydrogens (tertiary/aromatic N) is 1. The van der Waals surface area contributed by atoms with E-state index in [0.717, 1.165) is 34.6 Å². The van der Waals surface area contributed by atoms with Crippen molar-refractivity contribution in [1.29, 1.82) is 0 Å². The van der Waals surface area contributed by atoms with Crippen LogP contribution in [-0.2, 0) is 22.7 Å². The van der Waals surface area contributed by atoms with Crippen molar-refractivity contribution in [3.8, 4) is 0 Å². The molecule has 2 aromatic rings. The number of halogens is 5. The molecule has 3 nitrogen and oxygen atoms in total. The predicted molar refractivity (Wildman–Crippen MR) is 84.2 cm³/mol. The van der Waals surface area contributed by atoms with Crippen molar-refractivity contribution in [3.05, 3.63) is 63.9 Å². The molecule has 0 unspecified atom stereocenters. The maximum atomic E-state index is 13.1. The van der Waals surface area contributed by atoms with Crippen LogP contribution in [0.5, 0.6) is 0 Å². The molecular formula is C15H12BrF4NO2S. The molecule has 0 saturated heterocycles. The van der Waals surface area contributed by atoms with E-state index in [1.807, 2.05) is 0 Å². The molecule has 0 radical (unpaired) electrons. The molecule has 0 heterocycles. The van der Waals surface area contributed by atoms with Crippen LogP contribution in [0.4, 0.5) is 17.6 Å². The molecule has 0 aliphatic heterocycles. The van der Waals surface area contributed by atoms with Gasteiger partial charge in [0.15, 0.2) is 0 Å². The number of hydrogen-bond acceptors (Lipinski definition) is 2. The number of alkyl halides is 3. The average Bonchev–Trinajstić information content (AvgIpc) is 2.46. The minimum atomic E-state index is -4.45. The van der Waals surface area contributed by atoms with Gasteiger partial charge in [-0.3, -0.25) is 0 Å². The van der Waals surface area contributed by atoms with Crippen molar-refractivity contribution in [1.82, 2.24) is 4.31 Å². The first-order valence-corrected chi connectivity index (χ1v) is 8.82. The minimum Gasteiger partial charge on any atom is -0.207 e. The van der Waals surface area contributed by atoms with E-state index in [1.165, 1.54) is 19.2 Å². The molecule has 0 aliphatic rings. The van der Waals surface area contributed by atoms with Gasteiger partial charge in [-0.25, -0.2) is 12.8 Å². The second-order valence-corrected chi connectivity index (χ2v) is 7.90. The number of benzene rings is 2. The van der Waals surface area contributed by atoms with Gasteiger partial charge in [-0.1, -0.05) is 12.1 Å². The van der Waals surface area contributed by atoms with Crippen LogP contribution in [0.3, 0.4) is 0 Å². The van der Waals surface area contributed by atoms with E-state index in [-0.39, 0.29) is 15.9 Å². The smallest absolute Gasteiger partial charge is 0.207 e. The van der Waals surface area contributed by atoms with Crippen LogP contribution < -0.4 is 0 Å². The minimum absolute atomic E-state index is 0.0711. The van der Waals surface area contributed by atoms with Crippen LogP contribution in [0.25, 0.3) is 0 Å². The molecule has 130 valence electrons. The lowest BCUT2D eigenvalue weighted by molar-refractivity contribution is -0.137. The second kappa shape index (κ2) is 6.81. The van der Waals surface area contributed by atoms with E-state index in [4.69, 9.17) is 0 Å². The van der Waals surface area contributed by atoms with Gasteiger partial charge in [0.05, 0.1) is 10.5 Å². The van der Waals surface area contributed by atoms with Crippen LogP contribution in [0.15, 0.2) is 51.8 Å². The average molecular weight is 426 g/mol. The third kappa shape index (κ3) is 4.14. The van der Waals surface area contributed by atoms with Crippen LogP contribution in [-0.4, -0.2) is 19.8 Å². The molecule has 2 rings (SSSR count). The highest BCUT2D eigenvalue weighted by atomic mass is 79.9. The molecule has 9 heteroatoms. The Hall–Kier alpha value is -1.45. The zero-order valence-electron chi connectivity index (χ0n) is 12.3. The third-order valence-corrected chi connectivity index (χ3v) is 6.05. The second-order valence-electron chi connectivity index (χ2n) is 5.03. The largest absolute Gasteiger partial charge is 0.416 e. The fraction of sp³-hybridized carbons (Fsp3) is 0.200. The molecule has 0 bridgehead atoms. The van der Waals surface area contributed by atoms with Gasteiger partial charge in [0.1, 0.15) is 5.82 Å². The Kier molecular flexibility index (Phi) is 5.36. The summed E-state index contributed by atoms with van der Waals surface area (Å²) in [6.45, 7) is -0.121. The summed E-state index contributed by atoms with van der Waals surface area (Å²) in [6.07, 6.45) is -4.45. The summed E-state index contributed by atoms with van der Waals surface area (Å²) < 4.78 is 76.7. The monoisotopic (exact) mass is 425 g/mol. The van der Waals surface area contributed by atoms with E-state index >= 15 is 0 Å². The topological polar surface area (TPSA) is 37.4 Å². The number of sulfonamides is 1. The maximum absolute atomic E-state index is 13.1. The molecule has 0 fully saturated rings. The van der Waals surface area contributed by atoms with Gasteiger partial charge in [0, 0.05) is 18.1 Å². The fourth-order valence-corrected chi connectivity index (χ4v) is 4.16. The summed E-state index contributed by atoms with van der Waals surface area (Å²) in [5, 5.41) is 0. The van der Waals surface area contributed by atoms with E-state index in [9.17, 15) is 26.0 Å². The summed E-state index contributed by atoms with van der Waals surface area (Å²) in [6, 6.07) is 7.39. The first kappa shape index (κ1) is 18.9. The van der Waals surface area contributed by atoms with Crippen molar-refractivity contribution in [2.75, 3.05) is 7.05 Å². The molecule has 0 amide bonds. The van der Waals surface area contributed by atoms with E-state index < -0.39 is 27.6 Å². The lowest BCUT2D eigenvalue weighted by Gasteiger charge is -2.18. The van der Waals surface area contributed by atoms with Crippen molar-refractivity contribution in [2.24, 2.45) is 0 Å². The standard InChI is InChI=1S/C15H12BrF4NO2S/c1-21(9-10-2-4-11(5-3-10)15(18,19)20)24(22,23)14-7-6-12(17)8-13(14)16/h2-8H,9H2,1H3. The van der Waals surface area contributed by atoms with Gasteiger partial charge in [-0.05, 0) is 51.8 Å². The third-order valence-electron chi connectivity index (χ3n) is 3.27. The van der Waals surface area contributed by atoms with Gasteiger partial charge in [0.25, 0.3) is 0 Å². The van der Waals surface area contributed by atoms with Gasteiger partial charge in [0.2, 0.25) is 10.0 Å². The van der Waals surface area contributed by atoms with Crippen LogP contribution in [0, 0.1) is 5.82 Å². The summed E-state index contributed by atoms with van der Waals surface area (Å²) in [5.41, 5.74) is -0.412. The Bertz CT molecular complexity index is 836. The van der Waals surface area contributed by atoms with Crippen molar-refractivity contribution in [2.45, 2.75) is 17.6 Å². The Labute approximate surface area is 145 Å². The van der Waals surface area contributed by atoms with E-state index in [0.29, 0.717) is 5.56 Å². The molecule has 0 atom stereocenters. The van der Waals surface area contributed by atoms with Crippen LogP contribution >= 0.6 is 15.9 Å². The highest BCUT2D eigenvalue weighted by molar-refractivity contribution is 9.10. The summed E-state index contributed by atoms with van der Waals surface area (Å²) in [7, 11) is -2.63. The number of hydrogen-bond donors (Lipinski definition) is 0. The molecule has 0 spiro atoms. The normalized spacial score (nSPS) is 12.6. The molecule has 0 aliphatic carbocycles. The molecule has 0 saturated carbocycles. The summed E-state index contributed by atoms with van der Waals surface area (Å²) >= 11 is 3.00. The van der Waals surface area contributed by atoms with Crippen molar-refractivity contribution >= 4 is 26.0 Å². The SMILES string of the molecule is CN(Cc1ccc(C(F)(F)F)cc1)S(=O)(=O)c1ccc(F)cc1Br. The zero-order chi connectivity index (χ0) is 18.1. The fourth-order valence-electron chi connectivity index (χ4n) is 1.99. The Morgan fingerprint density at radius 2 is 1.67 bits per heavy atom. The van der Waals surface area contributed by atoms with Gasteiger partial charge in [-0.2, -0.15) is 17.5 Å².